The fourth-order valence-corrected chi connectivity index (χ4v) is 3.60. The molecule has 1 aromatic rings. The molecule has 0 aromatic carbocycles. The van der Waals surface area contributed by atoms with Crippen LogP contribution in [0.5, 0.6) is 0 Å². The summed E-state index contributed by atoms with van der Waals surface area (Å²) in [6.45, 7) is 6.67. The zero-order chi connectivity index (χ0) is 14.1. The molecule has 1 heterocycles. The molecule has 0 bridgehead atoms. The summed E-state index contributed by atoms with van der Waals surface area (Å²) in [5.41, 5.74) is 6.37. The van der Waals surface area contributed by atoms with Crippen molar-refractivity contribution in [2.24, 2.45) is 11.3 Å². The highest BCUT2D eigenvalue weighted by Gasteiger charge is 2.44. The van der Waals surface area contributed by atoms with Gasteiger partial charge in [0, 0.05) is 12.6 Å². The van der Waals surface area contributed by atoms with E-state index in [9.17, 15) is 5.11 Å². The summed E-state index contributed by atoms with van der Waals surface area (Å²) in [7, 11) is 0. The number of aromatic nitrogens is 1. The third-order valence-electron chi connectivity index (χ3n) is 4.47. The first kappa shape index (κ1) is 14.3. The molecule has 0 radical (unpaired) electrons. The fourth-order valence-electron chi connectivity index (χ4n) is 3.60. The SMILES string of the molecule is CC(C)(C)C1CCCCC1(O)Cc1cccnc1N. The zero-order valence-electron chi connectivity index (χ0n) is 12.3. The first-order valence-corrected chi connectivity index (χ1v) is 7.25. The Morgan fingerprint density at radius 2 is 2.16 bits per heavy atom. The summed E-state index contributed by atoms with van der Waals surface area (Å²) in [5.74, 6) is 0.863. The summed E-state index contributed by atoms with van der Waals surface area (Å²) >= 11 is 0. The van der Waals surface area contributed by atoms with Crippen LogP contribution >= 0.6 is 0 Å². The third-order valence-corrected chi connectivity index (χ3v) is 4.47. The number of pyridine rings is 1. The number of nitrogen functional groups attached to an aromatic ring is 1. The smallest absolute Gasteiger partial charge is 0.126 e. The van der Waals surface area contributed by atoms with Gasteiger partial charge in [-0.2, -0.15) is 0 Å². The molecule has 0 spiro atoms. The lowest BCUT2D eigenvalue weighted by Crippen LogP contribution is -2.48. The number of rotatable bonds is 2. The van der Waals surface area contributed by atoms with Crippen LogP contribution in [0.15, 0.2) is 18.3 Å². The first-order valence-electron chi connectivity index (χ1n) is 7.25. The third kappa shape index (κ3) is 3.08. The Morgan fingerprint density at radius 1 is 1.42 bits per heavy atom. The number of nitrogens with two attached hydrogens (primary N) is 1. The second kappa shape index (κ2) is 5.12. The van der Waals surface area contributed by atoms with E-state index in [1.54, 1.807) is 6.20 Å². The molecule has 19 heavy (non-hydrogen) atoms. The van der Waals surface area contributed by atoms with Gasteiger partial charge in [0.2, 0.25) is 0 Å². The number of hydrogen-bond donors (Lipinski definition) is 2. The standard InChI is InChI=1S/C16H26N2O/c1-15(2,3)13-8-4-5-9-16(13,19)11-12-7-6-10-18-14(12)17/h6-7,10,13,19H,4-5,8-9,11H2,1-3H3,(H2,17,18). The Hall–Kier alpha value is -1.09. The van der Waals surface area contributed by atoms with Crippen LogP contribution in [0.2, 0.25) is 0 Å². The lowest BCUT2D eigenvalue weighted by Gasteiger charge is -2.47. The van der Waals surface area contributed by atoms with Gasteiger partial charge in [0.25, 0.3) is 0 Å². The Morgan fingerprint density at radius 3 is 2.79 bits per heavy atom. The van der Waals surface area contributed by atoms with Crippen molar-refractivity contribution in [3.05, 3.63) is 23.9 Å². The van der Waals surface area contributed by atoms with Gasteiger partial charge in [0.15, 0.2) is 0 Å². The van der Waals surface area contributed by atoms with Crippen molar-refractivity contribution < 1.29 is 5.11 Å². The van der Waals surface area contributed by atoms with Crippen molar-refractivity contribution in [3.63, 3.8) is 0 Å². The van der Waals surface area contributed by atoms with Crippen LogP contribution in [0.1, 0.15) is 52.0 Å². The molecule has 1 saturated carbocycles. The highest BCUT2D eigenvalue weighted by atomic mass is 16.3. The molecule has 2 unspecified atom stereocenters. The van der Waals surface area contributed by atoms with E-state index in [0.29, 0.717) is 18.2 Å². The van der Waals surface area contributed by atoms with E-state index in [2.05, 4.69) is 25.8 Å². The Balaban J connectivity index is 2.26. The maximum Gasteiger partial charge on any atom is 0.126 e. The summed E-state index contributed by atoms with van der Waals surface area (Å²) < 4.78 is 0. The largest absolute Gasteiger partial charge is 0.389 e. The number of nitrogens with zero attached hydrogens (tertiary/aromatic N) is 1. The molecule has 2 rings (SSSR count). The number of anilines is 1. The van der Waals surface area contributed by atoms with Crippen molar-refractivity contribution in [3.8, 4) is 0 Å². The lowest BCUT2D eigenvalue weighted by molar-refractivity contribution is -0.0888. The van der Waals surface area contributed by atoms with Crippen molar-refractivity contribution >= 4 is 5.82 Å². The molecule has 3 N–H and O–H groups in total. The highest BCUT2D eigenvalue weighted by Crippen LogP contribution is 2.46. The quantitative estimate of drug-likeness (QED) is 0.860. The highest BCUT2D eigenvalue weighted by molar-refractivity contribution is 5.39. The van der Waals surface area contributed by atoms with Crippen LogP contribution < -0.4 is 5.73 Å². The first-order chi connectivity index (χ1) is 8.83. The molecule has 1 fully saturated rings. The molecule has 1 aromatic heterocycles. The lowest BCUT2D eigenvalue weighted by atomic mass is 9.62. The van der Waals surface area contributed by atoms with E-state index < -0.39 is 5.60 Å². The predicted octanol–water partition coefficient (Wildman–Crippen LogP) is 3.17. The minimum atomic E-state index is -0.645. The van der Waals surface area contributed by atoms with E-state index in [1.165, 1.54) is 6.42 Å². The second-order valence-electron chi connectivity index (χ2n) is 6.99. The molecule has 2 atom stereocenters. The second-order valence-corrected chi connectivity index (χ2v) is 6.99. The van der Waals surface area contributed by atoms with Crippen LogP contribution in [0, 0.1) is 11.3 Å². The van der Waals surface area contributed by atoms with Crippen LogP contribution in [0.3, 0.4) is 0 Å². The molecule has 0 saturated heterocycles. The van der Waals surface area contributed by atoms with Crippen LogP contribution in [0.25, 0.3) is 0 Å². The topological polar surface area (TPSA) is 59.1 Å². The van der Waals surface area contributed by atoms with Gasteiger partial charge in [-0.15, -0.1) is 0 Å². The molecule has 1 aliphatic rings. The molecule has 3 heteroatoms. The minimum absolute atomic E-state index is 0.117. The van der Waals surface area contributed by atoms with Gasteiger partial charge in [0.1, 0.15) is 5.82 Å². The van der Waals surface area contributed by atoms with Gasteiger partial charge in [0.05, 0.1) is 5.60 Å². The summed E-state index contributed by atoms with van der Waals surface area (Å²) in [5, 5.41) is 11.2. The number of hydrogen-bond acceptors (Lipinski definition) is 3. The maximum absolute atomic E-state index is 11.2. The van der Waals surface area contributed by atoms with Crippen molar-refractivity contribution in [2.75, 3.05) is 5.73 Å². The molecule has 106 valence electrons. The molecular weight excluding hydrogens is 236 g/mol. The van der Waals surface area contributed by atoms with Gasteiger partial charge in [-0.1, -0.05) is 39.7 Å². The minimum Gasteiger partial charge on any atom is -0.389 e. The van der Waals surface area contributed by atoms with E-state index in [-0.39, 0.29) is 5.41 Å². The Labute approximate surface area is 116 Å². The monoisotopic (exact) mass is 262 g/mol. The molecular formula is C16H26N2O. The maximum atomic E-state index is 11.2. The normalized spacial score (nSPS) is 28.3. The Bertz CT molecular complexity index is 439. The molecule has 0 amide bonds. The van der Waals surface area contributed by atoms with Gasteiger partial charge < -0.3 is 10.8 Å². The van der Waals surface area contributed by atoms with Crippen molar-refractivity contribution in [2.45, 2.75) is 58.5 Å². The van der Waals surface area contributed by atoms with Gasteiger partial charge in [-0.05, 0) is 35.8 Å². The summed E-state index contributed by atoms with van der Waals surface area (Å²) in [6.07, 6.45) is 6.60. The molecule has 1 aliphatic carbocycles. The fraction of sp³-hybridized carbons (Fsp3) is 0.688. The zero-order valence-corrected chi connectivity index (χ0v) is 12.3. The van der Waals surface area contributed by atoms with E-state index >= 15 is 0 Å². The number of aliphatic hydroxyl groups is 1. The van der Waals surface area contributed by atoms with E-state index in [4.69, 9.17) is 5.73 Å². The Kier molecular flexibility index (Phi) is 3.86. The van der Waals surface area contributed by atoms with Gasteiger partial charge >= 0.3 is 0 Å². The predicted molar refractivity (Wildman–Crippen MR) is 78.7 cm³/mol. The summed E-state index contributed by atoms with van der Waals surface area (Å²) in [6, 6.07) is 3.87. The van der Waals surface area contributed by atoms with Crippen LogP contribution in [0.4, 0.5) is 5.82 Å². The van der Waals surface area contributed by atoms with E-state index in [0.717, 1.165) is 24.8 Å². The van der Waals surface area contributed by atoms with Crippen molar-refractivity contribution in [1.29, 1.82) is 0 Å². The molecule has 3 nitrogen and oxygen atoms in total. The van der Waals surface area contributed by atoms with E-state index in [1.807, 2.05) is 12.1 Å². The van der Waals surface area contributed by atoms with Crippen LogP contribution in [-0.2, 0) is 6.42 Å². The van der Waals surface area contributed by atoms with Crippen molar-refractivity contribution in [1.82, 2.24) is 4.98 Å². The van der Waals surface area contributed by atoms with Crippen LogP contribution in [-0.4, -0.2) is 15.7 Å². The van der Waals surface area contributed by atoms with Gasteiger partial charge in [-0.25, -0.2) is 4.98 Å². The average molecular weight is 262 g/mol. The van der Waals surface area contributed by atoms with Gasteiger partial charge in [-0.3, -0.25) is 0 Å². The average Bonchev–Trinajstić information content (AvgIpc) is 2.31. The summed E-state index contributed by atoms with van der Waals surface area (Å²) in [4.78, 5) is 4.13. The molecule has 0 aliphatic heterocycles.